The van der Waals surface area contributed by atoms with Crippen LogP contribution in [0, 0.1) is 10.1 Å². The van der Waals surface area contributed by atoms with Crippen LogP contribution < -0.4 is 0 Å². The summed E-state index contributed by atoms with van der Waals surface area (Å²) in [7, 11) is 0. The van der Waals surface area contributed by atoms with Crippen LogP contribution in [0.15, 0.2) is 12.4 Å². The number of imidazole rings is 1. The summed E-state index contributed by atoms with van der Waals surface area (Å²) < 4.78 is 28.4. The number of hydrogen-bond acceptors (Lipinski definition) is 6. The van der Waals surface area contributed by atoms with Gasteiger partial charge in [0, 0.05) is 0 Å². The first-order valence-corrected chi connectivity index (χ1v) is 6.20. The summed E-state index contributed by atoms with van der Waals surface area (Å²) in [5.74, 6) is -0.199. The zero-order valence-corrected chi connectivity index (χ0v) is 11.1. The van der Waals surface area contributed by atoms with Crippen molar-refractivity contribution in [3.63, 3.8) is 0 Å². The molecule has 0 amide bonds. The molecule has 1 aromatic heterocycles. The van der Waals surface area contributed by atoms with Crippen LogP contribution in [0.5, 0.6) is 0 Å². The van der Waals surface area contributed by atoms with Crippen molar-refractivity contribution in [1.29, 1.82) is 0 Å². The van der Waals surface area contributed by atoms with Gasteiger partial charge in [0.05, 0.1) is 46.2 Å². The molecular formula is C11H18FN3O5. The summed E-state index contributed by atoms with van der Waals surface area (Å²) in [6.45, 7) is 1.79. The Bertz CT molecular complexity index is 388. The lowest BCUT2D eigenvalue weighted by atomic mass is 10.6. The van der Waals surface area contributed by atoms with Crippen LogP contribution >= 0.6 is 0 Å². The fraction of sp³-hybridized carbons (Fsp3) is 0.727. The minimum Gasteiger partial charge on any atom is -0.390 e. The van der Waals surface area contributed by atoms with Crippen LogP contribution in [0.25, 0.3) is 0 Å². The monoisotopic (exact) mass is 290 g/mol. The molecular weight excluding hydrogens is 272 g/mol. The predicted molar refractivity (Wildman–Crippen MR) is 67.3 cm³/mol. The van der Waals surface area contributed by atoms with Crippen molar-refractivity contribution in [2.45, 2.75) is 6.54 Å². The Morgan fingerprint density at radius 2 is 1.75 bits per heavy atom. The van der Waals surface area contributed by atoms with Gasteiger partial charge in [-0.15, -0.1) is 0 Å². The summed E-state index contributed by atoms with van der Waals surface area (Å²) in [6.07, 6.45) is 2.90. The van der Waals surface area contributed by atoms with Gasteiger partial charge in [-0.25, -0.2) is 8.96 Å². The second-order valence-electron chi connectivity index (χ2n) is 3.70. The number of nitro groups is 1. The largest absolute Gasteiger partial charge is 0.434 e. The number of alkyl halides is 1. The van der Waals surface area contributed by atoms with E-state index >= 15 is 0 Å². The van der Waals surface area contributed by atoms with Gasteiger partial charge in [0.15, 0.2) is 0 Å². The van der Waals surface area contributed by atoms with Gasteiger partial charge in [0.25, 0.3) is 0 Å². The Balaban J connectivity index is 1.97. The van der Waals surface area contributed by atoms with Gasteiger partial charge in [0.2, 0.25) is 0 Å². The molecule has 0 aromatic carbocycles. The molecule has 0 N–H and O–H groups in total. The lowest BCUT2D eigenvalue weighted by Crippen LogP contribution is -2.13. The van der Waals surface area contributed by atoms with Gasteiger partial charge in [-0.2, -0.15) is 0 Å². The van der Waals surface area contributed by atoms with Crippen LogP contribution in [0.3, 0.4) is 0 Å². The van der Waals surface area contributed by atoms with Gasteiger partial charge in [-0.05, 0) is 4.92 Å². The van der Waals surface area contributed by atoms with E-state index in [1.54, 1.807) is 0 Å². The highest BCUT2D eigenvalue weighted by Crippen LogP contribution is 2.06. The van der Waals surface area contributed by atoms with E-state index in [0.29, 0.717) is 39.6 Å². The molecule has 0 aliphatic rings. The maximum atomic E-state index is 11.7. The molecule has 9 heteroatoms. The Kier molecular flexibility index (Phi) is 8.43. The molecule has 0 bridgehead atoms. The third-order valence-corrected chi connectivity index (χ3v) is 2.30. The minimum atomic E-state index is -0.541. The van der Waals surface area contributed by atoms with Crippen molar-refractivity contribution < 1.29 is 23.5 Å². The fourth-order valence-electron chi connectivity index (χ4n) is 1.41. The van der Waals surface area contributed by atoms with Crippen molar-refractivity contribution in [3.8, 4) is 0 Å². The first-order chi connectivity index (χ1) is 9.75. The van der Waals surface area contributed by atoms with E-state index in [4.69, 9.17) is 14.2 Å². The second kappa shape index (κ2) is 10.2. The van der Waals surface area contributed by atoms with Crippen LogP contribution in [0.1, 0.15) is 0 Å². The third-order valence-electron chi connectivity index (χ3n) is 2.30. The van der Waals surface area contributed by atoms with Crippen LogP contribution in [-0.4, -0.2) is 60.8 Å². The molecule has 0 spiro atoms. The molecule has 114 valence electrons. The van der Waals surface area contributed by atoms with E-state index in [2.05, 4.69) is 4.98 Å². The topological polar surface area (TPSA) is 88.7 Å². The Labute approximate surface area is 115 Å². The number of nitrogens with zero attached hydrogens (tertiary/aromatic N) is 3. The molecule has 0 saturated carbocycles. The standard InChI is InChI=1S/C11H18FN3O5/c12-1-5-18-7-9-20-10-8-19-6-4-14-3-2-13-11(14)15(16)17/h2-3H,1,4-10H2/i12-1. The Morgan fingerprint density at radius 3 is 2.35 bits per heavy atom. The molecule has 0 unspecified atom stereocenters. The summed E-state index contributed by atoms with van der Waals surface area (Å²) in [4.78, 5) is 13.7. The van der Waals surface area contributed by atoms with E-state index in [0.717, 1.165) is 0 Å². The number of halogens is 1. The van der Waals surface area contributed by atoms with E-state index < -0.39 is 11.6 Å². The number of aromatic nitrogens is 2. The zero-order chi connectivity index (χ0) is 14.6. The summed E-state index contributed by atoms with van der Waals surface area (Å²) in [5.41, 5.74) is 0. The summed E-state index contributed by atoms with van der Waals surface area (Å²) in [6, 6.07) is 0. The van der Waals surface area contributed by atoms with Crippen molar-refractivity contribution in [1.82, 2.24) is 9.55 Å². The molecule has 1 aromatic rings. The van der Waals surface area contributed by atoms with Gasteiger partial charge in [-0.3, -0.25) is 0 Å². The smallest absolute Gasteiger partial charge is 0.390 e. The zero-order valence-electron chi connectivity index (χ0n) is 11.1. The van der Waals surface area contributed by atoms with Crippen LogP contribution in [-0.2, 0) is 20.8 Å². The number of ether oxygens (including phenoxy) is 3. The second-order valence-corrected chi connectivity index (χ2v) is 3.70. The van der Waals surface area contributed by atoms with Crippen molar-refractivity contribution in [2.75, 3.05) is 46.3 Å². The molecule has 0 radical (unpaired) electrons. The molecule has 1 rings (SSSR count). The van der Waals surface area contributed by atoms with Gasteiger partial charge in [-0.1, -0.05) is 4.98 Å². The predicted octanol–water partition coefficient (Wildman–Crippen LogP) is 0.811. The van der Waals surface area contributed by atoms with Gasteiger partial charge >= 0.3 is 5.95 Å². The minimum absolute atomic E-state index is 0.0869. The first kappa shape index (κ1) is 16.5. The quantitative estimate of drug-likeness (QED) is 0.321. The molecule has 0 aliphatic heterocycles. The first-order valence-electron chi connectivity index (χ1n) is 6.20. The van der Waals surface area contributed by atoms with E-state index in [1.165, 1.54) is 17.0 Å². The average Bonchev–Trinajstić information content (AvgIpc) is 2.89. The maximum absolute atomic E-state index is 11.7. The average molecular weight is 290 g/mol. The number of rotatable bonds is 12. The molecule has 20 heavy (non-hydrogen) atoms. The van der Waals surface area contributed by atoms with E-state index in [1.807, 2.05) is 0 Å². The molecule has 1 heterocycles. The van der Waals surface area contributed by atoms with Crippen LogP contribution in [0.2, 0.25) is 0 Å². The molecule has 8 nitrogen and oxygen atoms in total. The Morgan fingerprint density at radius 1 is 1.15 bits per heavy atom. The lowest BCUT2D eigenvalue weighted by molar-refractivity contribution is -0.396. The maximum Gasteiger partial charge on any atom is 0.434 e. The third kappa shape index (κ3) is 6.55. The highest BCUT2D eigenvalue weighted by Gasteiger charge is 2.12. The van der Waals surface area contributed by atoms with Crippen molar-refractivity contribution in [2.24, 2.45) is 0 Å². The lowest BCUT2D eigenvalue weighted by Gasteiger charge is -2.06. The normalized spacial score (nSPS) is 10.8. The molecule has 0 fully saturated rings. The van der Waals surface area contributed by atoms with Crippen molar-refractivity contribution in [3.05, 3.63) is 22.5 Å². The molecule has 0 aliphatic carbocycles. The Hall–Kier alpha value is -1.58. The van der Waals surface area contributed by atoms with Gasteiger partial charge in [0.1, 0.15) is 19.1 Å². The molecule has 0 saturated heterocycles. The van der Waals surface area contributed by atoms with E-state index in [9.17, 15) is 14.5 Å². The summed E-state index contributed by atoms with van der Waals surface area (Å²) in [5, 5.41) is 10.6. The number of hydrogen-bond donors (Lipinski definition) is 0. The fourth-order valence-corrected chi connectivity index (χ4v) is 1.41. The van der Waals surface area contributed by atoms with Crippen molar-refractivity contribution >= 4 is 5.95 Å². The SMILES string of the molecule is O=[N+]([O-])c1nccn1CCOCCOCCOCC[18F]. The van der Waals surface area contributed by atoms with Crippen LogP contribution in [0.4, 0.5) is 10.3 Å². The molecule has 0 atom stereocenters. The van der Waals surface area contributed by atoms with E-state index in [-0.39, 0.29) is 12.6 Å². The highest BCUT2D eigenvalue weighted by molar-refractivity contribution is 5.06. The highest BCUT2D eigenvalue weighted by atomic mass is 18.2. The van der Waals surface area contributed by atoms with Gasteiger partial charge < -0.3 is 24.3 Å². The summed E-state index contributed by atoms with van der Waals surface area (Å²) >= 11 is 0.